The van der Waals surface area contributed by atoms with Crippen LogP contribution in [-0.2, 0) is 32.6 Å². The molecule has 1 saturated carbocycles. The summed E-state index contributed by atoms with van der Waals surface area (Å²) >= 11 is 0. The number of amides is 2. The zero-order valence-electron chi connectivity index (χ0n) is 23.7. The van der Waals surface area contributed by atoms with Crippen LogP contribution in [0.2, 0.25) is 0 Å². The molecule has 1 fully saturated rings. The number of rotatable bonds is 14. The summed E-state index contributed by atoms with van der Waals surface area (Å²) in [7, 11) is -1.93. The second-order valence-corrected chi connectivity index (χ2v) is 12.1. The van der Waals surface area contributed by atoms with Crippen LogP contribution in [0, 0.1) is 0 Å². The zero-order chi connectivity index (χ0) is 28.4. The van der Waals surface area contributed by atoms with E-state index in [1.54, 1.807) is 24.1 Å². The van der Waals surface area contributed by atoms with E-state index in [-0.39, 0.29) is 37.4 Å². The zero-order valence-corrected chi connectivity index (χ0v) is 24.5. The number of sulfonamides is 1. The fourth-order valence-electron chi connectivity index (χ4n) is 5.12. The van der Waals surface area contributed by atoms with E-state index in [2.05, 4.69) is 5.32 Å². The average Bonchev–Trinajstić information content (AvgIpc) is 3.43. The molecule has 0 heterocycles. The molecule has 0 bridgehead atoms. The molecule has 2 aromatic rings. The predicted octanol–water partition coefficient (Wildman–Crippen LogP) is 4.67. The van der Waals surface area contributed by atoms with E-state index in [1.165, 1.54) is 10.6 Å². The van der Waals surface area contributed by atoms with E-state index in [0.717, 1.165) is 49.0 Å². The Morgan fingerprint density at radius 1 is 1.00 bits per heavy atom. The molecule has 2 amide bonds. The van der Waals surface area contributed by atoms with E-state index in [9.17, 15) is 18.0 Å². The third-order valence-electron chi connectivity index (χ3n) is 7.38. The minimum atomic E-state index is -3.53. The smallest absolute Gasteiger partial charge is 0.243 e. The number of benzene rings is 2. The van der Waals surface area contributed by atoms with Gasteiger partial charge in [0.25, 0.3) is 0 Å². The van der Waals surface area contributed by atoms with Gasteiger partial charge in [0.15, 0.2) is 0 Å². The van der Waals surface area contributed by atoms with Gasteiger partial charge in [-0.15, -0.1) is 0 Å². The quantitative estimate of drug-likeness (QED) is 0.364. The van der Waals surface area contributed by atoms with Crippen molar-refractivity contribution in [2.75, 3.05) is 24.2 Å². The fraction of sp³-hybridized carbons (Fsp3) is 0.533. The first-order chi connectivity index (χ1) is 18.7. The Labute approximate surface area is 233 Å². The van der Waals surface area contributed by atoms with Crippen molar-refractivity contribution in [1.82, 2.24) is 10.2 Å². The van der Waals surface area contributed by atoms with Crippen LogP contribution in [0.5, 0.6) is 5.75 Å². The normalized spacial score (nSPS) is 14.6. The van der Waals surface area contributed by atoms with E-state index in [1.807, 2.05) is 50.2 Å². The largest absolute Gasteiger partial charge is 0.497 e. The topological polar surface area (TPSA) is 96.0 Å². The van der Waals surface area contributed by atoms with Gasteiger partial charge in [-0.1, -0.05) is 51.0 Å². The van der Waals surface area contributed by atoms with Crippen molar-refractivity contribution in [1.29, 1.82) is 0 Å². The SMILES string of the molecule is CCc1ccc(N(CCCC(=O)N(Cc2ccc(OC)cc2)C(CC)C(=O)NC2CCCC2)S(C)(=O)=O)cc1. The Morgan fingerprint density at radius 2 is 1.62 bits per heavy atom. The number of nitrogens with zero attached hydrogens (tertiary/aromatic N) is 2. The highest BCUT2D eigenvalue weighted by molar-refractivity contribution is 7.92. The maximum Gasteiger partial charge on any atom is 0.243 e. The van der Waals surface area contributed by atoms with Crippen LogP contribution in [0.1, 0.15) is 69.9 Å². The minimum absolute atomic E-state index is 0.125. The molecule has 1 unspecified atom stereocenters. The Hall–Kier alpha value is -3.07. The summed E-state index contributed by atoms with van der Waals surface area (Å²) in [4.78, 5) is 28.6. The van der Waals surface area contributed by atoms with Crippen molar-refractivity contribution >= 4 is 27.5 Å². The number of hydrogen-bond acceptors (Lipinski definition) is 5. The molecule has 2 aromatic carbocycles. The molecule has 9 heteroatoms. The molecule has 8 nitrogen and oxygen atoms in total. The lowest BCUT2D eigenvalue weighted by Crippen LogP contribution is -2.51. The maximum absolute atomic E-state index is 13.6. The lowest BCUT2D eigenvalue weighted by molar-refractivity contribution is -0.141. The molecular formula is C30H43N3O5S. The van der Waals surface area contributed by atoms with Crippen LogP contribution in [-0.4, -0.2) is 57.1 Å². The van der Waals surface area contributed by atoms with Crippen LogP contribution >= 0.6 is 0 Å². The standard InChI is InChI=1S/C30H43N3O5S/c1-5-23-13-17-26(18-14-23)33(39(4,36)37)21-9-12-29(34)32(22-24-15-19-27(38-3)20-16-24)28(6-2)30(35)31-25-10-7-8-11-25/h13-20,25,28H,5-12,21-22H2,1-4H3,(H,31,35). The first-order valence-electron chi connectivity index (χ1n) is 14.0. The van der Waals surface area contributed by atoms with E-state index in [0.29, 0.717) is 18.5 Å². The van der Waals surface area contributed by atoms with Crippen molar-refractivity contribution in [3.63, 3.8) is 0 Å². The molecule has 1 atom stereocenters. The third-order valence-corrected chi connectivity index (χ3v) is 8.58. The first kappa shape index (κ1) is 30.5. The summed E-state index contributed by atoms with van der Waals surface area (Å²) in [6.07, 6.45) is 7.14. The molecule has 1 aliphatic rings. The second kappa shape index (κ2) is 14.4. The van der Waals surface area contributed by atoms with Crippen molar-refractivity contribution < 1.29 is 22.7 Å². The highest BCUT2D eigenvalue weighted by Gasteiger charge is 2.30. The van der Waals surface area contributed by atoms with Crippen molar-refractivity contribution in [2.24, 2.45) is 0 Å². The summed E-state index contributed by atoms with van der Waals surface area (Å²) in [5.41, 5.74) is 2.60. The third kappa shape index (κ3) is 8.71. The summed E-state index contributed by atoms with van der Waals surface area (Å²) < 4.78 is 31.7. The van der Waals surface area contributed by atoms with Crippen molar-refractivity contribution in [2.45, 2.75) is 83.8 Å². The van der Waals surface area contributed by atoms with Gasteiger partial charge >= 0.3 is 0 Å². The van der Waals surface area contributed by atoms with Crippen LogP contribution < -0.4 is 14.4 Å². The molecule has 0 aliphatic heterocycles. The Morgan fingerprint density at radius 3 is 2.15 bits per heavy atom. The van der Waals surface area contributed by atoms with Gasteiger partial charge in [-0.2, -0.15) is 0 Å². The van der Waals surface area contributed by atoms with Gasteiger partial charge < -0.3 is 15.0 Å². The van der Waals surface area contributed by atoms with Crippen LogP contribution in [0.25, 0.3) is 0 Å². The molecule has 0 aromatic heterocycles. The Kier molecular flexibility index (Phi) is 11.2. The van der Waals surface area contributed by atoms with Gasteiger partial charge in [0.1, 0.15) is 11.8 Å². The van der Waals surface area contributed by atoms with Crippen molar-refractivity contribution in [3.05, 3.63) is 59.7 Å². The van der Waals surface area contributed by atoms with Crippen molar-refractivity contribution in [3.8, 4) is 5.75 Å². The summed E-state index contributed by atoms with van der Waals surface area (Å²) in [6.45, 7) is 4.42. The molecule has 1 aliphatic carbocycles. The molecule has 0 radical (unpaired) electrons. The number of ether oxygens (including phenoxy) is 1. The van der Waals surface area contributed by atoms with Gasteiger partial charge in [-0.05, 0) is 67.5 Å². The first-order valence-corrected chi connectivity index (χ1v) is 15.8. The minimum Gasteiger partial charge on any atom is -0.497 e. The summed E-state index contributed by atoms with van der Waals surface area (Å²) in [6, 6.07) is 14.5. The second-order valence-electron chi connectivity index (χ2n) is 10.2. The van der Waals surface area contributed by atoms with Gasteiger partial charge in [0.2, 0.25) is 21.8 Å². The molecular weight excluding hydrogens is 514 g/mol. The lowest BCUT2D eigenvalue weighted by atomic mass is 10.1. The summed E-state index contributed by atoms with van der Waals surface area (Å²) in [5.74, 6) is 0.421. The molecule has 0 saturated heterocycles. The number of hydrogen-bond donors (Lipinski definition) is 1. The number of methoxy groups -OCH3 is 1. The number of carbonyl (C=O) groups is 2. The van der Waals surface area contributed by atoms with Crippen LogP contribution in [0.15, 0.2) is 48.5 Å². The van der Waals surface area contributed by atoms with E-state index in [4.69, 9.17) is 4.74 Å². The van der Waals surface area contributed by atoms with Crippen LogP contribution in [0.4, 0.5) is 5.69 Å². The molecule has 3 rings (SSSR count). The van der Waals surface area contributed by atoms with Gasteiger partial charge in [-0.3, -0.25) is 13.9 Å². The monoisotopic (exact) mass is 557 g/mol. The fourth-order valence-corrected chi connectivity index (χ4v) is 6.08. The van der Waals surface area contributed by atoms with Gasteiger partial charge in [-0.25, -0.2) is 8.42 Å². The maximum atomic E-state index is 13.6. The van der Waals surface area contributed by atoms with E-state index < -0.39 is 16.1 Å². The molecule has 1 N–H and O–H groups in total. The number of anilines is 1. The molecule has 39 heavy (non-hydrogen) atoms. The highest BCUT2D eigenvalue weighted by atomic mass is 32.2. The van der Waals surface area contributed by atoms with Gasteiger partial charge in [0, 0.05) is 25.6 Å². The summed E-state index contributed by atoms with van der Waals surface area (Å²) in [5, 5.41) is 3.15. The Balaban J connectivity index is 1.75. The molecule has 0 spiro atoms. The number of carbonyl (C=O) groups excluding carboxylic acids is 2. The van der Waals surface area contributed by atoms with Gasteiger partial charge in [0.05, 0.1) is 19.1 Å². The average molecular weight is 558 g/mol. The van der Waals surface area contributed by atoms with E-state index >= 15 is 0 Å². The highest BCUT2D eigenvalue weighted by Crippen LogP contribution is 2.22. The van der Waals surface area contributed by atoms with Crippen LogP contribution in [0.3, 0.4) is 0 Å². The number of nitrogens with one attached hydrogen (secondary N) is 1. The Bertz CT molecular complexity index is 1180. The lowest BCUT2D eigenvalue weighted by Gasteiger charge is -2.32. The number of aryl methyl sites for hydroxylation is 1. The molecule has 214 valence electrons. The predicted molar refractivity (Wildman–Crippen MR) is 155 cm³/mol.